The van der Waals surface area contributed by atoms with E-state index in [2.05, 4.69) is 25.7 Å². The lowest BCUT2D eigenvalue weighted by atomic mass is 10.2. The fraction of sp³-hybridized carbons (Fsp3) is 0.800. The summed E-state index contributed by atoms with van der Waals surface area (Å²) in [6.45, 7) is 11.0. The van der Waals surface area contributed by atoms with E-state index in [1.54, 1.807) is 6.92 Å². The molecule has 1 amide bonds. The van der Waals surface area contributed by atoms with Crippen LogP contribution in [0.2, 0.25) is 0 Å². The van der Waals surface area contributed by atoms with Gasteiger partial charge in [0.05, 0.1) is 6.10 Å². The minimum absolute atomic E-state index is 0.0833. The third kappa shape index (κ3) is 9.23. The third-order valence-corrected chi connectivity index (χ3v) is 2.93. The topological polar surface area (TPSA) is 38.3 Å². The number of rotatable bonds is 11. The molecular formula is C15H29NO2. The molecular weight excluding hydrogens is 226 g/mol. The van der Waals surface area contributed by atoms with Crippen molar-refractivity contribution in [1.29, 1.82) is 0 Å². The van der Waals surface area contributed by atoms with Crippen LogP contribution in [0.4, 0.5) is 0 Å². The largest absolute Gasteiger partial charge is 0.376 e. The van der Waals surface area contributed by atoms with Gasteiger partial charge in [-0.2, -0.15) is 0 Å². The van der Waals surface area contributed by atoms with Crippen LogP contribution in [0.1, 0.15) is 59.3 Å². The highest BCUT2D eigenvalue weighted by Crippen LogP contribution is 2.04. The number of ether oxygens (including phenoxy) is 1. The van der Waals surface area contributed by atoms with Crippen molar-refractivity contribution in [2.45, 2.75) is 65.4 Å². The van der Waals surface area contributed by atoms with Crippen LogP contribution < -0.4 is 5.32 Å². The molecule has 0 aromatic carbocycles. The number of nitrogens with one attached hydrogen (secondary N) is 1. The summed E-state index contributed by atoms with van der Waals surface area (Å²) in [6, 6.07) is 0. The van der Waals surface area contributed by atoms with Crippen LogP contribution in [0.3, 0.4) is 0 Å². The molecule has 1 atom stereocenters. The van der Waals surface area contributed by atoms with Crippen LogP contribution >= 0.6 is 0 Å². The van der Waals surface area contributed by atoms with Crippen LogP contribution in [0.25, 0.3) is 0 Å². The van der Waals surface area contributed by atoms with Crippen molar-refractivity contribution in [3.63, 3.8) is 0 Å². The lowest BCUT2D eigenvalue weighted by Crippen LogP contribution is -2.33. The average molecular weight is 255 g/mol. The monoisotopic (exact) mass is 255 g/mol. The molecule has 0 aliphatic heterocycles. The molecule has 0 aliphatic carbocycles. The Kier molecular flexibility index (Phi) is 10.8. The molecule has 0 rings (SSSR count). The molecule has 0 fully saturated rings. The predicted octanol–water partition coefficient (Wildman–Crippen LogP) is 3.44. The van der Waals surface area contributed by atoms with Gasteiger partial charge in [-0.1, -0.05) is 46.1 Å². The Bertz CT molecular complexity index is 239. The van der Waals surface area contributed by atoms with Crippen molar-refractivity contribution < 1.29 is 9.53 Å². The smallest absolute Gasteiger partial charge is 0.246 e. The van der Waals surface area contributed by atoms with Crippen LogP contribution in [0.15, 0.2) is 12.2 Å². The van der Waals surface area contributed by atoms with E-state index in [1.807, 2.05) is 0 Å². The quantitative estimate of drug-likeness (QED) is 0.453. The molecule has 106 valence electrons. The summed E-state index contributed by atoms with van der Waals surface area (Å²) in [5.74, 6) is -0.0833. The standard InChI is InChI=1S/C15H29NO2/c1-5-7-8-9-10-11-18-14(6-2)12-16-15(17)13(3)4/h14H,3,5-12H2,1-2,4H3,(H,16,17). The third-order valence-electron chi connectivity index (χ3n) is 2.93. The van der Waals surface area contributed by atoms with E-state index in [0.717, 1.165) is 19.4 Å². The van der Waals surface area contributed by atoms with Crippen LogP contribution in [0.5, 0.6) is 0 Å². The van der Waals surface area contributed by atoms with Gasteiger partial charge in [0, 0.05) is 18.7 Å². The average Bonchev–Trinajstić information content (AvgIpc) is 2.36. The van der Waals surface area contributed by atoms with Crippen LogP contribution in [-0.4, -0.2) is 25.2 Å². The van der Waals surface area contributed by atoms with E-state index in [4.69, 9.17) is 4.74 Å². The number of hydrogen-bond donors (Lipinski definition) is 1. The molecule has 0 aromatic heterocycles. The maximum atomic E-state index is 11.3. The molecule has 3 nitrogen and oxygen atoms in total. The zero-order chi connectivity index (χ0) is 13.8. The summed E-state index contributed by atoms with van der Waals surface area (Å²) in [4.78, 5) is 11.3. The second-order valence-electron chi connectivity index (χ2n) is 4.81. The summed E-state index contributed by atoms with van der Waals surface area (Å²) in [6.07, 6.45) is 7.28. The molecule has 0 radical (unpaired) electrons. The molecule has 0 bridgehead atoms. The Morgan fingerprint density at radius 3 is 2.44 bits per heavy atom. The van der Waals surface area contributed by atoms with Crippen molar-refractivity contribution in [2.24, 2.45) is 0 Å². The zero-order valence-corrected chi connectivity index (χ0v) is 12.3. The first-order valence-electron chi connectivity index (χ1n) is 7.17. The van der Waals surface area contributed by atoms with E-state index in [9.17, 15) is 4.79 Å². The molecule has 0 saturated heterocycles. The summed E-state index contributed by atoms with van der Waals surface area (Å²) in [7, 11) is 0. The van der Waals surface area contributed by atoms with Gasteiger partial charge >= 0.3 is 0 Å². The lowest BCUT2D eigenvalue weighted by molar-refractivity contribution is -0.118. The van der Waals surface area contributed by atoms with Gasteiger partial charge in [0.15, 0.2) is 0 Å². The van der Waals surface area contributed by atoms with E-state index in [1.165, 1.54) is 25.7 Å². The van der Waals surface area contributed by atoms with E-state index >= 15 is 0 Å². The molecule has 18 heavy (non-hydrogen) atoms. The SMILES string of the molecule is C=C(C)C(=O)NCC(CC)OCCCCCCC. The first kappa shape index (κ1) is 17.2. The maximum Gasteiger partial charge on any atom is 0.246 e. The second-order valence-corrected chi connectivity index (χ2v) is 4.81. The number of carbonyl (C=O) groups is 1. The normalized spacial score (nSPS) is 12.2. The Morgan fingerprint density at radius 2 is 1.89 bits per heavy atom. The number of unbranched alkanes of at least 4 members (excludes halogenated alkanes) is 4. The van der Waals surface area contributed by atoms with Gasteiger partial charge in [-0.05, 0) is 19.8 Å². The fourth-order valence-electron chi connectivity index (χ4n) is 1.63. The minimum atomic E-state index is -0.0833. The highest BCUT2D eigenvalue weighted by atomic mass is 16.5. The van der Waals surface area contributed by atoms with Gasteiger partial charge in [-0.3, -0.25) is 4.79 Å². The van der Waals surface area contributed by atoms with Crippen molar-refractivity contribution in [3.05, 3.63) is 12.2 Å². The predicted molar refractivity (Wildman–Crippen MR) is 76.6 cm³/mol. The van der Waals surface area contributed by atoms with E-state index in [0.29, 0.717) is 12.1 Å². The zero-order valence-electron chi connectivity index (χ0n) is 12.3. The summed E-state index contributed by atoms with van der Waals surface area (Å²) >= 11 is 0. The highest BCUT2D eigenvalue weighted by Gasteiger charge is 2.08. The molecule has 3 heteroatoms. The molecule has 0 saturated carbocycles. The maximum absolute atomic E-state index is 11.3. The molecule has 1 unspecified atom stereocenters. The van der Waals surface area contributed by atoms with Crippen LogP contribution in [-0.2, 0) is 9.53 Å². The Hall–Kier alpha value is -0.830. The molecule has 0 aromatic rings. The summed E-state index contributed by atoms with van der Waals surface area (Å²) < 4.78 is 5.76. The van der Waals surface area contributed by atoms with Gasteiger partial charge in [-0.25, -0.2) is 0 Å². The first-order chi connectivity index (χ1) is 8.61. The number of hydrogen-bond acceptors (Lipinski definition) is 2. The Morgan fingerprint density at radius 1 is 1.22 bits per heavy atom. The van der Waals surface area contributed by atoms with Gasteiger partial charge in [0.25, 0.3) is 0 Å². The number of carbonyl (C=O) groups excluding carboxylic acids is 1. The van der Waals surface area contributed by atoms with Crippen molar-refractivity contribution in [2.75, 3.05) is 13.2 Å². The van der Waals surface area contributed by atoms with Crippen molar-refractivity contribution in [1.82, 2.24) is 5.32 Å². The molecule has 1 N–H and O–H groups in total. The molecule has 0 spiro atoms. The molecule has 0 heterocycles. The first-order valence-corrected chi connectivity index (χ1v) is 7.17. The van der Waals surface area contributed by atoms with Crippen molar-refractivity contribution >= 4 is 5.91 Å². The highest BCUT2D eigenvalue weighted by molar-refractivity contribution is 5.92. The minimum Gasteiger partial charge on any atom is -0.376 e. The Balaban J connectivity index is 3.58. The van der Waals surface area contributed by atoms with E-state index in [-0.39, 0.29) is 12.0 Å². The van der Waals surface area contributed by atoms with Gasteiger partial charge < -0.3 is 10.1 Å². The summed E-state index contributed by atoms with van der Waals surface area (Å²) in [5, 5.41) is 2.83. The fourth-order valence-corrected chi connectivity index (χ4v) is 1.63. The summed E-state index contributed by atoms with van der Waals surface area (Å²) in [5.41, 5.74) is 0.546. The second kappa shape index (κ2) is 11.3. The Labute approximate surface area is 112 Å². The number of amides is 1. The van der Waals surface area contributed by atoms with Gasteiger partial charge in [-0.15, -0.1) is 0 Å². The van der Waals surface area contributed by atoms with Crippen LogP contribution in [0, 0.1) is 0 Å². The van der Waals surface area contributed by atoms with Gasteiger partial charge in [0.2, 0.25) is 5.91 Å². The lowest BCUT2D eigenvalue weighted by Gasteiger charge is -2.16. The van der Waals surface area contributed by atoms with Gasteiger partial charge in [0.1, 0.15) is 0 Å². The van der Waals surface area contributed by atoms with E-state index < -0.39 is 0 Å². The molecule has 0 aliphatic rings. The van der Waals surface area contributed by atoms with Crippen molar-refractivity contribution in [3.8, 4) is 0 Å².